The lowest BCUT2D eigenvalue weighted by Crippen LogP contribution is -2.34. The summed E-state index contributed by atoms with van der Waals surface area (Å²) in [5, 5.41) is 3.52. The van der Waals surface area contributed by atoms with Crippen LogP contribution in [0.2, 0.25) is 0 Å². The zero-order chi connectivity index (χ0) is 15.1. The molecule has 2 rings (SSSR count). The minimum absolute atomic E-state index is 0.0515. The molecule has 0 aliphatic heterocycles. The molecule has 2 unspecified atom stereocenters. The Kier molecular flexibility index (Phi) is 5.76. The summed E-state index contributed by atoms with van der Waals surface area (Å²) in [5.41, 5.74) is 1.19. The summed E-state index contributed by atoms with van der Waals surface area (Å²) in [6.07, 6.45) is 1.01. The third-order valence-electron chi connectivity index (χ3n) is 3.38. The number of benzene rings is 2. The smallest absolute Gasteiger partial charge is 0.123 e. The molecule has 0 saturated carbocycles. The van der Waals surface area contributed by atoms with E-state index in [0.29, 0.717) is 5.75 Å². The Bertz CT molecular complexity index is 527. The highest BCUT2D eigenvalue weighted by Gasteiger charge is 2.20. The number of hydrogen-bond acceptors (Lipinski definition) is 2. The van der Waals surface area contributed by atoms with Crippen molar-refractivity contribution in [1.82, 2.24) is 5.32 Å². The zero-order valence-corrected chi connectivity index (χ0v) is 12.6. The van der Waals surface area contributed by atoms with Gasteiger partial charge in [-0.1, -0.05) is 37.3 Å². The van der Waals surface area contributed by atoms with E-state index in [9.17, 15) is 4.39 Å². The molecule has 3 heteroatoms. The standard InChI is InChI=1S/C18H22FNO/c1-3-13-20-18(15-7-5-4-6-8-15)14(2)21-17-11-9-16(19)10-12-17/h4-12,14,18,20H,3,13H2,1-2H3. The monoisotopic (exact) mass is 287 g/mol. The van der Waals surface area contributed by atoms with Crippen LogP contribution in [0.3, 0.4) is 0 Å². The van der Waals surface area contributed by atoms with Crippen molar-refractivity contribution in [2.45, 2.75) is 32.4 Å². The van der Waals surface area contributed by atoms with Gasteiger partial charge in [0.05, 0.1) is 6.04 Å². The van der Waals surface area contributed by atoms with E-state index in [0.717, 1.165) is 13.0 Å². The third kappa shape index (κ3) is 4.57. The summed E-state index contributed by atoms with van der Waals surface area (Å²) in [5.74, 6) is 0.432. The average Bonchev–Trinajstić information content (AvgIpc) is 2.51. The lowest BCUT2D eigenvalue weighted by molar-refractivity contribution is 0.170. The van der Waals surface area contributed by atoms with Crippen LogP contribution in [0, 0.1) is 5.82 Å². The molecule has 2 atom stereocenters. The molecule has 0 heterocycles. The Morgan fingerprint density at radius 3 is 2.33 bits per heavy atom. The Morgan fingerprint density at radius 1 is 1.05 bits per heavy atom. The van der Waals surface area contributed by atoms with Crippen molar-refractivity contribution >= 4 is 0 Å². The van der Waals surface area contributed by atoms with Gasteiger partial charge in [0.1, 0.15) is 17.7 Å². The van der Waals surface area contributed by atoms with E-state index < -0.39 is 0 Å². The molecule has 0 amide bonds. The van der Waals surface area contributed by atoms with E-state index in [-0.39, 0.29) is 18.0 Å². The summed E-state index contributed by atoms with van der Waals surface area (Å²) in [6, 6.07) is 16.5. The first kappa shape index (κ1) is 15.5. The van der Waals surface area contributed by atoms with Crippen LogP contribution >= 0.6 is 0 Å². The second-order valence-corrected chi connectivity index (χ2v) is 5.12. The lowest BCUT2D eigenvalue weighted by atomic mass is 10.0. The largest absolute Gasteiger partial charge is 0.489 e. The highest BCUT2D eigenvalue weighted by molar-refractivity contribution is 5.24. The number of ether oxygens (including phenoxy) is 1. The summed E-state index contributed by atoms with van der Waals surface area (Å²) in [7, 11) is 0. The molecule has 0 fully saturated rings. The van der Waals surface area contributed by atoms with Crippen molar-refractivity contribution in [3.05, 3.63) is 66.0 Å². The van der Waals surface area contributed by atoms with Crippen LogP contribution in [-0.2, 0) is 0 Å². The average molecular weight is 287 g/mol. The van der Waals surface area contributed by atoms with Gasteiger partial charge >= 0.3 is 0 Å². The van der Waals surface area contributed by atoms with Crippen LogP contribution in [0.5, 0.6) is 5.75 Å². The van der Waals surface area contributed by atoms with E-state index in [1.165, 1.54) is 17.7 Å². The fraction of sp³-hybridized carbons (Fsp3) is 0.333. The first-order chi connectivity index (χ1) is 10.2. The normalized spacial score (nSPS) is 13.7. The van der Waals surface area contributed by atoms with Crippen molar-refractivity contribution in [1.29, 1.82) is 0 Å². The van der Waals surface area contributed by atoms with Gasteiger partial charge in [-0.2, -0.15) is 0 Å². The van der Waals surface area contributed by atoms with Crippen molar-refractivity contribution in [2.75, 3.05) is 6.54 Å². The topological polar surface area (TPSA) is 21.3 Å². The minimum atomic E-state index is -0.251. The Balaban J connectivity index is 2.10. The molecule has 0 aliphatic rings. The maximum absolute atomic E-state index is 12.9. The van der Waals surface area contributed by atoms with Gasteiger partial charge in [0.15, 0.2) is 0 Å². The summed E-state index contributed by atoms with van der Waals surface area (Å²) < 4.78 is 18.9. The molecular formula is C18H22FNO. The fourth-order valence-corrected chi connectivity index (χ4v) is 2.31. The molecule has 2 aromatic carbocycles. The first-order valence-electron chi connectivity index (χ1n) is 7.41. The van der Waals surface area contributed by atoms with Gasteiger partial charge in [0, 0.05) is 0 Å². The highest BCUT2D eigenvalue weighted by Crippen LogP contribution is 2.22. The molecule has 21 heavy (non-hydrogen) atoms. The zero-order valence-electron chi connectivity index (χ0n) is 12.6. The van der Waals surface area contributed by atoms with Gasteiger partial charge in [-0.3, -0.25) is 0 Å². The first-order valence-corrected chi connectivity index (χ1v) is 7.41. The van der Waals surface area contributed by atoms with Gasteiger partial charge in [-0.15, -0.1) is 0 Å². The van der Waals surface area contributed by atoms with Crippen LogP contribution < -0.4 is 10.1 Å². The minimum Gasteiger partial charge on any atom is -0.489 e. The Morgan fingerprint density at radius 2 is 1.71 bits per heavy atom. The van der Waals surface area contributed by atoms with Gasteiger partial charge < -0.3 is 10.1 Å². The molecule has 2 aromatic rings. The summed E-state index contributed by atoms with van der Waals surface area (Å²) in [4.78, 5) is 0. The number of halogens is 1. The van der Waals surface area contributed by atoms with E-state index in [2.05, 4.69) is 24.4 Å². The van der Waals surface area contributed by atoms with Gasteiger partial charge in [-0.05, 0) is 49.7 Å². The van der Waals surface area contributed by atoms with Crippen LogP contribution in [0.1, 0.15) is 31.9 Å². The molecule has 112 valence electrons. The van der Waals surface area contributed by atoms with Crippen molar-refractivity contribution < 1.29 is 9.13 Å². The number of nitrogens with one attached hydrogen (secondary N) is 1. The molecule has 0 aromatic heterocycles. The van der Waals surface area contributed by atoms with Gasteiger partial charge in [-0.25, -0.2) is 4.39 Å². The van der Waals surface area contributed by atoms with E-state index in [4.69, 9.17) is 4.74 Å². The predicted molar refractivity (Wildman–Crippen MR) is 84.0 cm³/mol. The Hall–Kier alpha value is -1.87. The third-order valence-corrected chi connectivity index (χ3v) is 3.38. The molecule has 0 saturated heterocycles. The highest BCUT2D eigenvalue weighted by atomic mass is 19.1. The molecular weight excluding hydrogens is 265 g/mol. The lowest BCUT2D eigenvalue weighted by Gasteiger charge is -2.26. The SMILES string of the molecule is CCCNC(c1ccccc1)C(C)Oc1ccc(F)cc1. The second kappa shape index (κ2) is 7.79. The van der Waals surface area contributed by atoms with Crippen LogP contribution in [0.15, 0.2) is 54.6 Å². The van der Waals surface area contributed by atoms with E-state index >= 15 is 0 Å². The second-order valence-electron chi connectivity index (χ2n) is 5.12. The molecule has 1 N–H and O–H groups in total. The fourth-order valence-electron chi connectivity index (χ4n) is 2.31. The van der Waals surface area contributed by atoms with Crippen molar-refractivity contribution in [3.63, 3.8) is 0 Å². The molecule has 0 spiro atoms. The number of rotatable bonds is 7. The van der Waals surface area contributed by atoms with Gasteiger partial charge in [0.2, 0.25) is 0 Å². The molecule has 0 bridgehead atoms. The van der Waals surface area contributed by atoms with Gasteiger partial charge in [0.25, 0.3) is 0 Å². The van der Waals surface area contributed by atoms with Crippen LogP contribution in [0.25, 0.3) is 0 Å². The summed E-state index contributed by atoms with van der Waals surface area (Å²) in [6.45, 7) is 5.10. The van der Waals surface area contributed by atoms with Crippen molar-refractivity contribution in [3.8, 4) is 5.75 Å². The van der Waals surface area contributed by atoms with E-state index in [1.807, 2.05) is 25.1 Å². The summed E-state index contributed by atoms with van der Waals surface area (Å²) >= 11 is 0. The molecule has 0 radical (unpaired) electrons. The molecule has 0 aliphatic carbocycles. The van der Waals surface area contributed by atoms with Crippen LogP contribution in [-0.4, -0.2) is 12.6 Å². The van der Waals surface area contributed by atoms with Crippen molar-refractivity contribution in [2.24, 2.45) is 0 Å². The maximum Gasteiger partial charge on any atom is 0.123 e. The van der Waals surface area contributed by atoms with Crippen LogP contribution in [0.4, 0.5) is 4.39 Å². The predicted octanol–water partition coefficient (Wildman–Crippen LogP) is 4.33. The number of hydrogen-bond donors (Lipinski definition) is 1. The Labute approximate surface area is 126 Å². The quantitative estimate of drug-likeness (QED) is 0.818. The maximum atomic E-state index is 12.9. The molecule has 2 nitrogen and oxygen atoms in total. The van der Waals surface area contributed by atoms with E-state index in [1.54, 1.807) is 12.1 Å².